The smallest absolute Gasteiger partial charge is 0.382 e. The van der Waals surface area contributed by atoms with Gasteiger partial charge in [0.05, 0.1) is 11.4 Å². The zero-order chi connectivity index (χ0) is 19.4. The van der Waals surface area contributed by atoms with Crippen LogP contribution in [-0.2, 0) is 16.1 Å². The summed E-state index contributed by atoms with van der Waals surface area (Å²) in [6.45, 7) is 0. The number of rotatable bonds is 5. The maximum atomic E-state index is 13.3. The van der Waals surface area contributed by atoms with Crippen LogP contribution in [0.5, 0.6) is 0 Å². The van der Waals surface area contributed by atoms with E-state index >= 15 is 0 Å². The summed E-state index contributed by atoms with van der Waals surface area (Å²) in [7, 11) is 0. The Morgan fingerprint density at radius 1 is 1.26 bits per heavy atom. The van der Waals surface area contributed by atoms with Crippen LogP contribution in [0.1, 0.15) is 23.7 Å². The first-order chi connectivity index (χ1) is 12.8. The summed E-state index contributed by atoms with van der Waals surface area (Å²) in [6.07, 6.45) is -4.41. The summed E-state index contributed by atoms with van der Waals surface area (Å²) in [5.41, 5.74) is 0.749. The van der Waals surface area contributed by atoms with Crippen molar-refractivity contribution in [1.29, 1.82) is 0 Å². The number of carbonyl (C=O) groups is 1. The van der Waals surface area contributed by atoms with E-state index in [0.29, 0.717) is 11.3 Å². The molecule has 5 nitrogen and oxygen atoms in total. The molecule has 0 radical (unpaired) electrons. The number of amides is 1. The van der Waals surface area contributed by atoms with E-state index in [1.165, 1.54) is 42.6 Å². The Morgan fingerprint density at radius 3 is 2.74 bits per heavy atom. The number of carbonyl (C=O) groups excluding carboxylic acids is 1. The molecule has 9 heteroatoms. The fourth-order valence-corrected chi connectivity index (χ4v) is 2.66. The monoisotopic (exact) mass is 381 g/mol. The summed E-state index contributed by atoms with van der Waals surface area (Å²) < 4.78 is 53.1. The normalized spacial score (nSPS) is 17.8. The topological polar surface area (TPSA) is 63.6 Å². The van der Waals surface area contributed by atoms with Crippen molar-refractivity contribution in [2.24, 2.45) is 5.16 Å². The van der Waals surface area contributed by atoms with E-state index in [1.807, 2.05) is 5.32 Å². The molecule has 0 aliphatic carbocycles. The average molecular weight is 381 g/mol. The van der Waals surface area contributed by atoms with Gasteiger partial charge >= 0.3 is 6.18 Å². The van der Waals surface area contributed by atoms with Crippen molar-refractivity contribution in [3.8, 4) is 0 Å². The Morgan fingerprint density at radius 2 is 2.07 bits per heavy atom. The van der Waals surface area contributed by atoms with E-state index in [2.05, 4.69) is 10.1 Å². The lowest BCUT2D eigenvalue weighted by atomic mass is 10.0. The first-order valence-corrected chi connectivity index (χ1v) is 8.07. The molecule has 2 aromatic rings. The number of nitrogens with one attached hydrogen (secondary N) is 1. The van der Waals surface area contributed by atoms with Crippen LogP contribution < -0.4 is 5.32 Å². The van der Waals surface area contributed by atoms with Gasteiger partial charge in [0.2, 0.25) is 6.10 Å². The highest BCUT2D eigenvalue weighted by atomic mass is 19.4. The minimum atomic E-state index is -4.71. The second-order valence-corrected chi connectivity index (χ2v) is 6.00. The van der Waals surface area contributed by atoms with Gasteiger partial charge in [0.1, 0.15) is 5.82 Å². The molecule has 1 aromatic heterocycles. The number of nitrogens with zero attached hydrogens (tertiary/aromatic N) is 2. The van der Waals surface area contributed by atoms with Gasteiger partial charge in [-0.2, -0.15) is 13.2 Å². The zero-order valence-corrected chi connectivity index (χ0v) is 13.9. The van der Waals surface area contributed by atoms with E-state index in [1.54, 1.807) is 6.07 Å². The Kier molecular flexibility index (Phi) is 5.38. The van der Waals surface area contributed by atoms with Gasteiger partial charge in [0, 0.05) is 19.0 Å². The van der Waals surface area contributed by atoms with Gasteiger partial charge < -0.3 is 10.2 Å². The van der Waals surface area contributed by atoms with Crippen LogP contribution >= 0.6 is 0 Å². The maximum Gasteiger partial charge on any atom is 0.414 e. The van der Waals surface area contributed by atoms with E-state index in [4.69, 9.17) is 4.84 Å². The minimum absolute atomic E-state index is 0.0230. The van der Waals surface area contributed by atoms with E-state index in [9.17, 15) is 22.4 Å². The molecule has 0 saturated heterocycles. The molecule has 3 rings (SSSR count). The molecule has 1 aromatic carbocycles. The highest BCUT2D eigenvalue weighted by Crippen LogP contribution is 2.32. The lowest BCUT2D eigenvalue weighted by Crippen LogP contribution is -2.43. The largest absolute Gasteiger partial charge is 0.414 e. The third-order valence-electron chi connectivity index (χ3n) is 3.92. The molecule has 142 valence electrons. The van der Waals surface area contributed by atoms with Crippen LogP contribution in [0, 0.1) is 5.82 Å². The lowest BCUT2D eigenvalue weighted by molar-refractivity contribution is -0.167. The summed E-state index contributed by atoms with van der Waals surface area (Å²) in [5, 5.41) is 5.67. The fourth-order valence-electron chi connectivity index (χ4n) is 2.66. The summed E-state index contributed by atoms with van der Waals surface area (Å²) in [6, 6.07) is 7.64. The van der Waals surface area contributed by atoms with Crippen molar-refractivity contribution >= 4 is 11.6 Å². The van der Waals surface area contributed by atoms with Crippen molar-refractivity contribution in [2.75, 3.05) is 0 Å². The molecule has 0 bridgehead atoms. The van der Waals surface area contributed by atoms with Crippen molar-refractivity contribution in [3.05, 3.63) is 65.7 Å². The maximum absolute atomic E-state index is 13.3. The standard InChI is InChI=1S/C18H15F4N3O2/c19-12-5-3-4-11(8-12)9-13-10-15(27-25-13)17(26)24-16(18(20,21)22)14-6-1-2-7-23-14/h1-8,15-16H,9-10H2,(H,24,26)/t15-,16+/m0/s1. The zero-order valence-electron chi connectivity index (χ0n) is 13.9. The van der Waals surface area contributed by atoms with Crippen molar-refractivity contribution in [1.82, 2.24) is 10.3 Å². The van der Waals surface area contributed by atoms with Crippen molar-refractivity contribution in [3.63, 3.8) is 0 Å². The number of hydrogen-bond acceptors (Lipinski definition) is 4. The molecular weight excluding hydrogens is 366 g/mol. The highest BCUT2D eigenvalue weighted by molar-refractivity contribution is 5.94. The molecule has 1 aliphatic heterocycles. The molecule has 0 spiro atoms. The lowest BCUT2D eigenvalue weighted by Gasteiger charge is -2.22. The van der Waals surface area contributed by atoms with Gasteiger partial charge in [-0.05, 0) is 29.8 Å². The first-order valence-electron chi connectivity index (χ1n) is 8.07. The summed E-state index contributed by atoms with van der Waals surface area (Å²) in [4.78, 5) is 20.9. The third-order valence-corrected chi connectivity index (χ3v) is 3.92. The number of pyridine rings is 1. The number of halogens is 4. The van der Waals surface area contributed by atoms with Gasteiger partial charge in [-0.25, -0.2) is 4.39 Å². The van der Waals surface area contributed by atoms with Crippen LogP contribution in [0.2, 0.25) is 0 Å². The van der Waals surface area contributed by atoms with Gasteiger partial charge in [-0.15, -0.1) is 0 Å². The van der Waals surface area contributed by atoms with E-state index < -0.39 is 30.0 Å². The van der Waals surface area contributed by atoms with Crippen molar-refractivity contribution < 1.29 is 27.2 Å². The molecule has 0 fully saturated rings. The molecule has 27 heavy (non-hydrogen) atoms. The Labute approximate surface area is 152 Å². The first kappa shape index (κ1) is 18.8. The summed E-state index contributed by atoms with van der Waals surface area (Å²) in [5.74, 6) is -1.36. The molecule has 1 amide bonds. The molecular formula is C18H15F4N3O2. The second-order valence-electron chi connectivity index (χ2n) is 6.00. The second kappa shape index (κ2) is 7.73. The average Bonchev–Trinajstić information content (AvgIpc) is 3.08. The third kappa shape index (κ3) is 4.81. The van der Waals surface area contributed by atoms with Crippen LogP contribution in [0.3, 0.4) is 0 Å². The van der Waals surface area contributed by atoms with Gasteiger partial charge in [-0.1, -0.05) is 23.4 Å². The number of benzene rings is 1. The van der Waals surface area contributed by atoms with Crippen LogP contribution in [0.15, 0.2) is 53.8 Å². The molecule has 2 atom stereocenters. The predicted octanol–water partition coefficient (Wildman–Crippen LogP) is 3.33. The number of alkyl halides is 3. The number of aromatic nitrogens is 1. The van der Waals surface area contributed by atoms with Gasteiger partial charge in [-0.3, -0.25) is 9.78 Å². The molecule has 1 aliphatic rings. The Hall–Kier alpha value is -2.97. The predicted molar refractivity (Wildman–Crippen MR) is 88.2 cm³/mol. The van der Waals surface area contributed by atoms with Gasteiger partial charge in [0.15, 0.2) is 6.04 Å². The number of oxime groups is 1. The quantitative estimate of drug-likeness (QED) is 0.809. The van der Waals surface area contributed by atoms with E-state index in [-0.39, 0.29) is 18.5 Å². The Balaban J connectivity index is 1.63. The van der Waals surface area contributed by atoms with Crippen LogP contribution in [-0.4, -0.2) is 28.9 Å². The fraction of sp³-hybridized carbons (Fsp3) is 0.278. The van der Waals surface area contributed by atoms with Crippen LogP contribution in [0.4, 0.5) is 17.6 Å². The highest BCUT2D eigenvalue weighted by Gasteiger charge is 2.44. The summed E-state index contributed by atoms with van der Waals surface area (Å²) >= 11 is 0. The molecule has 1 N–H and O–H groups in total. The SMILES string of the molecule is O=C(N[C@H](c1ccccn1)C(F)(F)F)[C@@H]1CC(Cc2cccc(F)c2)=NO1. The molecule has 0 saturated carbocycles. The number of hydrogen-bond donors (Lipinski definition) is 1. The Bertz CT molecular complexity index is 840. The minimum Gasteiger partial charge on any atom is -0.382 e. The van der Waals surface area contributed by atoms with Crippen LogP contribution in [0.25, 0.3) is 0 Å². The van der Waals surface area contributed by atoms with Crippen molar-refractivity contribution in [2.45, 2.75) is 31.2 Å². The van der Waals surface area contributed by atoms with Gasteiger partial charge in [0.25, 0.3) is 5.91 Å². The molecule has 2 heterocycles. The van der Waals surface area contributed by atoms with E-state index in [0.717, 1.165) is 0 Å². The molecule has 0 unspecified atom stereocenters.